The molecule has 0 heterocycles. The number of halogens is 1. The molecular weight excluding hydrogens is 159 g/mol. The van der Waals surface area contributed by atoms with Gasteiger partial charge in [0.15, 0.2) is 0 Å². The monoisotopic (exact) mass is 164 g/mol. The number of alkyl halides is 1. The van der Waals surface area contributed by atoms with E-state index in [1.54, 1.807) is 0 Å². The van der Waals surface area contributed by atoms with Crippen LogP contribution in [-0.4, -0.2) is 5.33 Å². The normalized spacial score (nSPS) is 7.33. The second-order valence-corrected chi connectivity index (χ2v) is 2.06. The van der Waals surface area contributed by atoms with Gasteiger partial charge in [-0.3, -0.25) is 0 Å². The molecule has 0 bridgehead atoms. The summed E-state index contributed by atoms with van der Waals surface area (Å²) in [4.78, 5) is 0. The van der Waals surface area contributed by atoms with Gasteiger partial charge in [0, 0.05) is 0 Å². The van der Waals surface area contributed by atoms with Crippen molar-refractivity contribution in [3.05, 3.63) is 0 Å². The molecule has 0 saturated heterocycles. The number of unbranched alkanes of at least 4 members (excludes halogenated alkanes) is 1. The molecule has 0 aliphatic heterocycles. The Morgan fingerprint density at radius 3 is 2.50 bits per heavy atom. The first-order valence-corrected chi connectivity index (χ1v) is 3.41. The van der Waals surface area contributed by atoms with Gasteiger partial charge in [-0.15, -0.1) is 0 Å². The van der Waals surface area contributed by atoms with Crippen molar-refractivity contribution in [2.24, 2.45) is 0 Å². The van der Waals surface area contributed by atoms with Crippen molar-refractivity contribution in [1.82, 2.24) is 0 Å². The Kier molecular flexibility index (Phi) is 6.34. The molecule has 0 unspecified atom stereocenters. The van der Waals surface area contributed by atoms with Crippen molar-refractivity contribution in [3.63, 3.8) is 0 Å². The molecule has 0 aromatic heterocycles. The Bertz CT molecular complexity index is 55.1. The van der Waals surface area contributed by atoms with E-state index in [0.29, 0.717) is 0 Å². The van der Waals surface area contributed by atoms with Gasteiger partial charge < -0.3 is 0 Å². The minimum absolute atomic E-state index is 0.981. The van der Waals surface area contributed by atoms with E-state index in [0.717, 1.165) is 18.2 Å². The second-order valence-electron chi connectivity index (χ2n) is 0.951. The Morgan fingerprint density at radius 2 is 2.33 bits per heavy atom. The molecule has 2 heteroatoms. The summed E-state index contributed by atoms with van der Waals surface area (Å²) >= 11 is 3.28. The van der Waals surface area contributed by atoms with Crippen molar-refractivity contribution in [1.29, 1.82) is 0 Å². The summed E-state index contributed by atoms with van der Waals surface area (Å²) < 4.78 is 0. The zero-order valence-electron chi connectivity index (χ0n) is 3.45. The number of hydrogen-bond donors (Lipinski definition) is 0. The third kappa shape index (κ3) is 4.69. The van der Waals surface area contributed by atoms with Gasteiger partial charge in [0.1, 0.15) is 0 Å². The van der Waals surface area contributed by atoms with Gasteiger partial charge >= 0.3 is 48.4 Å². The van der Waals surface area contributed by atoms with E-state index in [-0.39, 0.29) is 0 Å². The molecule has 0 spiro atoms. The van der Waals surface area contributed by atoms with Crippen molar-refractivity contribution < 1.29 is 0 Å². The standard InChI is InChI=1S/C4H6BrP/c5-3-1-2-4-6/h1-3H2. The zero-order chi connectivity index (χ0) is 4.83. The molecule has 0 amide bonds. The van der Waals surface area contributed by atoms with Gasteiger partial charge in [-0.1, -0.05) is 0 Å². The molecule has 6 heavy (non-hydrogen) atoms. The van der Waals surface area contributed by atoms with Crippen LogP contribution in [0, 0.1) is 5.63 Å². The van der Waals surface area contributed by atoms with Gasteiger partial charge in [0.05, 0.1) is 0 Å². The van der Waals surface area contributed by atoms with Crippen LogP contribution in [0.5, 0.6) is 0 Å². The molecule has 0 atom stereocenters. The molecule has 34 valence electrons. The molecule has 0 aromatic rings. The molecule has 0 N–H and O–H groups in total. The third-order valence-corrected chi connectivity index (χ3v) is 1.21. The average molecular weight is 165 g/mol. The van der Waals surface area contributed by atoms with Crippen molar-refractivity contribution >= 4 is 24.6 Å². The Hall–Kier alpha value is 0.690. The van der Waals surface area contributed by atoms with Crippen LogP contribution in [0.3, 0.4) is 0 Å². The summed E-state index contributed by atoms with van der Waals surface area (Å²) in [5.74, 6) is 0. The Morgan fingerprint density at radius 1 is 1.67 bits per heavy atom. The van der Waals surface area contributed by atoms with Gasteiger partial charge in [0.2, 0.25) is 0 Å². The Balaban J connectivity index is 2.54. The molecule has 0 aliphatic rings. The maximum absolute atomic E-state index is 3.78. The molecule has 0 radical (unpaired) electrons. The molecule has 0 fully saturated rings. The van der Waals surface area contributed by atoms with Crippen LogP contribution in [0.15, 0.2) is 0 Å². The number of rotatable bonds is 2. The molecular formula is C4H6BrP. The average Bonchev–Trinajstić information content (AvgIpc) is 1.61. The van der Waals surface area contributed by atoms with Crippen LogP contribution >= 0.6 is 24.6 Å². The summed E-state index contributed by atoms with van der Waals surface area (Å²) in [5, 5.41) is 1.06. The van der Waals surface area contributed by atoms with E-state index in [9.17, 15) is 0 Å². The zero-order valence-corrected chi connectivity index (χ0v) is 5.93. The summed E-state index contributed by atoms with van der Waals surface area (Å²) in [5.41, 5.74) is 2.73. The van der Waals surface area contributed by atoms with Crippen LogP contribution in [0.2, 0.25) is 0 Å². The van der Waals surface area contributed by atoms with E-state index in [1.165, 1.54) is 0 Å². The van der Waals surface area contributed by atoms with Gasteiger partial charge in [-0.25, -0.2) is 0 Å². The van der Waals surface area contributed by atoms with E-state index < -0.39 is 0 Å². The van der Waals surface area contributed by atoms with Crippen LogP contribution in [0.25, 0.3) is 0 Å². The molecule has 0 aromatic carbocycles. The first-order chi connectivity index (χ1) is 2.91. The quantitative estimate of drug-likeness (QED) is 0.335. The predicted octanol–water partition coefficient (Wildman–Crippen LogP) is 2.53. The fraction of sp³-hybridized carbons (Fsp3) is 0.750. The first-order valence-electron chi connectivity index (χ1n) is 1.84. The van der Waals surface area contributed by atoms with Crippen LogP contribution in [0.1, 0.15) is 12.8 Å². The third-order valence-electron chi connectivity index (χ3n) is 0.422. The number of hydrogen-bond acceptors (Lipinski definition) is 0. The summed E-state index contributed by atoms with van der Waals surface area (Å²) in [7, 11) is 3.78. The Labute approximate surface area is 49.0 Å². The second kappa shape index (κ2) is 5.69. The SMILES string of the molecule is P#CCCCBr. The van der Waals surface area contributed by atoms with E-state index in [2.05, 4.69) is 30.3 Å². The fourth-order valence-corrected chi connectivity index (χ4v) is 0.584. The molecule has 0 rings (SSSR count). The van der Waals surface area contributed by atoms with Crippen molar-refractivity contribution in [2.45, 2.75) is 12.8 Å². The van der Waals surface area contributed by atoms with Crippen molar-refractivity contribution in [2.75, 3.05) is 5.33 Å². The van der Waals surface area contributed by atoms with Crippen molar-refractivity contribution in [3.8, 4) is 5.63 Å². The first kappa shape index (κ1) is 6.69. The summed E-state index contributed by atoms with van der Waals surface area (Å²) in [6.07, 6.45) is 2.12. The van der Waals surface area contributed by atoms with E-state index in [4.69, 9.17) is 0 Å². The molecule has 0 nitrogen and oxygen atoms in total. The van der Waals surface area contributed by atoms with E-state index >= 15 is 0 Å². The predicted molar refractivity (Wildman–Crippen MR) is 33.8 cm³/mol. The fourth-order valence-electron chi connectivity index (χ4n) is 0.146. The summed E-state index contributed by atoms with van der Waals surface area (Å²) in [6, 6.07) is 0. The van der Waals surface area contributed by atoms with Crippen LogP contribution < -0.4 is 0 Å². The maximum atomic E-state index is 3.78. The summed E-state index contributed by atoms with van der Waals surface area (Å²) in [6.45, 7) is 0. The molecule has 0 aliphatic carbocycles. The topological polar surface area (TPSA) is 0 Å². The van der Waals surface area contributed by atoms with Gasteiger partial charge in [-0.2, -0.15) is 0 Å². The molecule has 0 saturated carbocycles. The van der Waals surface area contributed by atoms with Crippen LogP contribution in [0.4, 0.5) is 0 Å². The van der Waals surface area contributed by atoms with Gasteiger partial charge in [0.25, 0.3) is 0 Å². The van der Waals surface area contributed by atoms with E-state index in [1.807, 2.05) is 0 Å². The minimum atomic E-state index is 0.981. The van der Waals surface area contributed by atoms with Gasteiger partial charge in [-0.05, 0) is 0 Å². The van der Waals surface area contributed by atoms with Crippen LogP contribution in [-0.2, 0) is 0 Å².